The molecule has 0 N–H and O–H groups in total. The van der Waals surface area contributed by atoms with Crippen LogP contribution in [-0.2, 0) is 10.0 Å². The number of fused-ring (bicyclic) bond motifs is 1. The summed E-state index contributed by atoms with van der Waals surface area (Å²) in [6.07, 6.45) is 0. The molecule has 4 rings (SSSR count). The van der Waals surface area contributed by atoms with Crippen LogP contribution in [-0.4, -0.2) is 59.4 Å². The fourth-order valence-electron chi connectivity index (χ4n) is 3.95. The summed E-state index contributed by atoms with van der Waals surface area (Å²) < 4.78 is 26.8. The zero-order chi connectivity index (χ0) is 23.0. The predicted molar refractivity (Wildman–Crippen MR) is 122 cm³/mol. The Bertz CT molecular complexity index is 1360. The van der Waals surface area contributed by atoms with Crippen molar-refractivity contribution in [2.75, 3.05) is 36.8 Å². The summed E-state index contributed by atoms with van der Waals surface area (Å²) in [5, 5.41) is 17.2. The molecule has 0 spiro atoms. The first-order valence-corrected chi connectivity index (χ1v) is 11.8. The van der Waals surface area contributed by atoms with Crippen molar-refractivity contribution in [3.05, 3.63) is 68.6 Å². The standard InChI is InChI=1S/C21H23N5O5S/c1-3-32(30,31)24-12-10-23(11-13-24)16-8-9-19(26(28)29)20(14-16)25-21(27)18-7-5-4-6-17(18)15(2)22-25/h4-9,14H,3,10-13H2,1-2H3. The third kappa shape index (κ3) is 3.84. The van der Waals surface area contributed by atoms with Gasteiger partial charge in [-0.1, -0.05) is 18.2 Å². The van der Waals surface area contributed by atoms with Crippen LogP contribution >= 0.6 is 0 Å². The number of aryl methyl sites for hydroxylation is 1. The van der Waals surface area contributed by atoms with E-state index >= 15 is 0 Å². The summed E-state index contributed by atoms with van der Waals surface area (Å²) in [5.74, 6) is 0.0462. The zero-order valence-corrected chi connectivity index (χ0v) is 18.6. The van der Waals surface area contributed by atoms with Crippen LogP contribution < -0.4 is 10.5 Å². The maximum atomic E-state index is 13.1. The Morgan fingerprint density at radius 3 is 2.34 bits per heavy atom. The van der Waals surface area contributed by atoms with Crippen LogP contribution in [0.5, 0.6) is 0 Å². The molecule has 2 heterocycles. The molecular formula is C21H23N5O5S. The molecule has 1 saturated heterocycles. The minimum Gasteiger partial charge on any atom is -0.369 e. The zero-order valence-electron chi connectivity index (χ0n) is 17.8. The lowest BCUT2D eigenvalue weighted by molar-refractivity contribution is -0.384. The highest BCUT2D eigenvalue weighted by Crippen LogP contribution is 2.29. The number of nitro groups is 1. The van der Waals surface area contributed by atoms with E-state index in [-0.39, 0.29) is 17.1 Å². The third-order valence-corrected chi connectivity index (χ3v) is 7.62. The second-order valence-electron chi connectivity index (χ2n) is 7.56. The largest absolute Gasteiger partial charge is 0.369 e. The quantitative estimate of drug-likeness (QED) is 0.425. The molecule has 32 heavy (non-hydrogen) atoms. The van der Waals surface area contributed by atoms with Crippen molar-refractivity contribution in [2.24, 2.45) is 0 Å². The third-order valence-electron chi connectivity index (χ3n) is 5.74. The molecule has 2 aromatic carbocycles. The van der Waals surface area contributed by atoms with Crippen LogP contribution in [0.2, 0.25) is 0 Å². The van der Waals surface area contributed by atoms with Crippen LogP contribution in [0.1, 0.15) is 12.6 Å². The number of anilines is 1. The fourth-order valence-corrected chi connectivity index (χ4v) is 5.04. The van der Waals surface area contributed by atoms with Crippen molar-refractivity contribution in [3.63, 3.8) is 0 Å². The lowest BCUT2D eigenvalue weighted by atomic mass is 10.1. The van der Waals surface area contributed by atoms with Crippen LogP contribution in [0.25, 0.3) is 16.5 Å². The normalized spacial score (nSPS) is 15.2. The predicted octanol–water partition coefficient (Wildman–Crippen LogP) is 2.07. The number of rotatable bonds is 5. The second kappa shape index (κ2) is 8.32. The first kappa shape index (κ1) is 21.9. The second-order valence-corrected chi connectivity index (χ2v) is 9.82. The van der Waals surface area contributed by atoms with E-state index in [2.05, 4.69) is 5.10 Å². The summed E-state index contributed by atoms with van der Waals surface area (Å²) in [6, 6.07) is 11.6. The fraction of sp³-hybridized carbons (Fsp3) is 0.333. The molecule has 0 bridgehead atoms. The summed E-state index contributed by atoms with van der Waals surface area (Å²) in [6.45, 7) is 4.90. The van der Waals surface area contributed by atoms with Crippen LogP contribution in [0.4, 0.5) is 11.4 Å². The maximum absolute atomic E-state index is 13.1. The van der Waals surface area contributed by atoms with Gasteiger partial charge in [-0.25, -0.2) is 8.42 Å². The smallest absolute Gasteiger partial charge is 0.295 e. The van der Waals surface area contributed by atoms with Crippen molar-refractivity contribution in [3.8, 4) is 5.69 Å². The van der Waals surface area contributed by atoms with Gasteiger partial charge in [-0.2, -0.15) is 14.1 Å². The molecule has 0 atom stereocenters. The van der Waals surface area contributed by atoms with Gasteiger partial charge in [0.2, 0.25) is 10.0 Å². The van der Waals surface area contributed by atoms with E-state index in [1.807, 2.05) is 11.0 Å². The van der Waals surface area contributed by atoms with Crippen molar-refractivity contribution in [1.29, 1.82) is 0 Å². The Morgan fingerprint density at radius 1 is 1.06 bits per heavy atom. The van der Waals surface area contributed by atoms with Crippen molar-refractivity contribution >= 4 is 32.2 Å². The molecule has 1 fully saturated rings. The molecule has 168 valence electrons. The number of sulfonamides is 1. The molecule has 1 aliphatic heterocycles. The lowest BCUT2D eigenvalue weighted by Gasteiger charge is -2.35. The molecule has 1 aromatic heterocycles. The average Bonchev–Trinajstić information content (AvgIpc) is 2.81. The monoisotopic (exact) mass is 457 g/mol. The highest BCUT2D eigenvalue weighted by molar-refractivity contribution is 7.89. The lowest BCUT2D eigenvalue weighted by Crippen LogP contribution is -2.49. The Balaban J connectivity index is 1.77. The molecule has 0 saturated carbocycles. The van der Waals surface area contributed by atoms with E-state index in [9.17, 15) is 23.3 Å². The summed E-state index contributed by atoms with van der Waals surface area (Å²) in [4.78, 5) is 26.2. The van der Waals surface area contributed by atoms with E-state index in [1.165, 1.54) is 10.4 Å². The van der Waals surface area contributed by atoms with Crippen LogP contribution in [0, 0.1) is 17.0 Å². The average molecular weight is 458 g/mol. The van der Waals surface area contributed by atoms with Crippen molar-refractivity contribution in [1.82, 2.24) is 14.1 Å². The van der Waals surface area contributed by atoms with E-state index < -0.39 is 20.5 Å². The van der Waals surface area contributed by atoms with Gasteiger partial charge in [0.25, 0.3) is 11.2 Å². The minimum atomic E-state index is -3.27. The van der Waals surface area contributed by atoms with E-state index in [0.29, 0.717) is 48.3 Å². The van der Waals surface area contributed by atoms with Gasteiger partial charge in [-0.05, 0) is 32.0 Å². The van der Waals surface area contributed by atoms with Gasteiger partial charge in [0.05, 0.1) is 21.8 Å². The highest BCUT2D eigenvalue weighted by atomic mass is 32.2. The SMILES string of the molecule is CCS(=O)(=O)N1CCN(c2ccc([N+](=O)[O-])c(-n3nc(C)c4ccccc4c3=O)c2)CC1. The summed E-state index contributed by atoms with van der Waals surface area (Å²) >= 11 is 0. The molecular weight excluding hydrogens is 434 g/mol. The Labute approximate surface area is 184 Å². The topological polar surface area (TPSA) is 119 Å². The molecule has 0 amide bonds. The van der Waals surface area contributed by atoms with Gasteiger partial charge in [-0.15, -0.1) is 0 Å². The number of nitrogens with zero attached hydrogens (tertiary/aromatic N) is 5. The maximum Gasteiger partial charge on any atom is 0.295 e. The number of hydrogen-bond donors (Lipinski definition) is 0. The Hall–Kier alpha value is -3.31. The van der Waals surface area contributed by atoms with Gasteiger partial charge in [0, 0.05) is 43.3 Å². The number of benzene rings is 2. The van der Waals surface area contributed by atoms with Gasteiger partial charge in [0.1, 0.15) is 5.69 Å². The van der Waals surface area contributed by atoms with Gasteiger partial charge in [-0.3, -0.25) is 14.9 Å². The van der Waals surface area contributed by atoms with Crippen LogP contribution in [0.3, 0.4) is 0 Å². The summed E-state index contributed by atoms with van der Waals surface area (Å²) in [7, 11) is -3.27. The van der Waals surface area contributed by atoms with Gasteiger partial charge < -0.3 is 4.90 Å². The van der Waals surface area contributed by atoms with Crippen LogP contribution in [0.15, 0.2) is 47.3 Å². The number of nitro benzene ring substituents is 1. The van der Waals surface area contributed by atoms with Crippen molar-refractivity contribution < 1.29 is 13.3 Å². The molecule has 0 aliphatic carbocycles. The number of piperazine rings is 1. The number of aromatic nitrogens is 2. The molecule has 0 unspecified atom stereocenters. The first-order chi connectivity index (χ1) is 15.2. The molecule has 0 radical (unpaired) electrons. The Morgan fingerprint density at radius 2 is 1.72 bits per heavy atom. The Kier molecular flexibility index (Phi) is 5.70. The van der Waals surface area contributed by atoms with Gasteiger partial charge >= 0.3 is 0 Å². The van der Waals surface area contributed by atoms with Gasteiger partial charge in [0.15, 0.2) is 0 Å². The van der Waals surface area contributed by atoms with Crippen molar-refractivity contribution in [2.45, 2.75) is 13.8 Å². The summed E-state index contributed by atoms with van der Waals surface area (Å²) in [5.41, 5.74) is 0.655. The minimum absolute atomic E-state index is 0.0462. The van der Waals surface area contributed by atoms with E-state index in [1.54, 1.807) is 44.2 Å². The molecule has 10 nitrogen and oxygen atoms in total. The molecule has 1 aliphatic rings. The molecule has 11 heteroatoms. The molecule has 3 aromatic rings. The first-order valence-electron chi connectivity index (χ1n) is 10.2. The van der Waals surface area contributed by atoms with E-state index in [0.717, 1.165) is 4.68 Å². The highest BCUT2D eigenvalue weighted by Gasteiger charge is 2.27. The van der Waals surface area contributed by atoms with E-state index in [4.69, 9.17) is 0 Å². The number of hydrogen-bond acceptors (Lipinski definition) is 7.